The Kier molecular flexibility index (Phi) is 8.09. The van der Waals surface area contributed by atoms with E-state index in [9.17, 15) is 0 Å². The first-order valence-electron chi connectivity index (χ1n) is 18.4. The van der Waals surface area contributed by atoms with Crippen molar-refractivity contribution >= 4 is 59.3 Å². The van der Waals surface area contributed by atoms with Gasteiger partial charge in [0.25, 0.3) is 0 Å². The van der Waals surface area contributed by atoms with Crippen molar-refractivity contribution in [2.75, 3.05) is 4.90 Å². The molecule has 0 aliphatic rings. The Balaban J connectivity index is 1.16. The molecule has 54 heavy (non-hydrogen) atoms. The van der Waals surface area contributed by atoms with E-state index in [4.69, 9.17) is 0 Å². The van der Waals surface area contributed by atoms with Gasteiger partial charge in [0, 0.05) is 37.1 Å². The van der Waals surface area contributed by atoms with Gasteiger partial charge in [-0.15, -0.1) is 11.3 Å². The molecule has 0 amide bonds. The molecule has 1 aromatic heterocycles. The Morgan fingerprint density at radius 3 is 1.44 bits per heavy atom. The van der Waals surface area contributed by atoms with Crippen LogP contribution in [-0.4, -0.2) is 0 Å². The number of hydrogen-bond donors (Lipinski definition) is 0. The van der Waals surface area contributed by atoms with Crippen molar-refractivity contribution in [1.82, 2.24) is 0 Å². The zero-order chi connectivity index (χ0) is 35.8. The van der Waals surface area contributed by atoms with Crippen LogP contribution in [0.1, 0.15) is 0 Å². The number of nitrogens with zero attached hydrogens (tertiary/aromatic N) is 1. The van der Waals surface area contributed by atoms with Gasteiger partial charge in [0.05, 0.1) is 5.69 Å². The molecule has 0 bridgehead atoms. The van der Waals surface area contributed by atoms with Crippen LogP contribution in [0.3, 0.4) is 0 Å². The van der Waals surface area contributed by atoms with Gasteiger partial charge in [-0.2, -0.15) is 0 Å². The monoisotopic (exact) mass is 705 g/mol. The van der Waals surface area contributed by atoms with Crippen LogP contribution in [0.5, 0.6) is 0 Å². The zero-order valence-corrected chi connectivity index (χ0v) is 30.4. The van der Waals surface area contributed by atoms with Gasteiger partial charge in [-0.25, -0.2) is 0 Å². The molecule has 10 rings (SSSR count). The van der Waals surface area contributed by atoms with Crippen molar-refractivity contribution in [2.45, 2.75) is 0 Å². The predicted molar refractivity (Wildman–Crippen MR) is 233 cm³/mol. The summed E-state index contributed by atoms with van der Waals surface area (Å²) in [6, 6.07) is 77.2. The lowest BCUT2D eigenvalue weighted by atomic mass is 9.96. The second-order valence-electron chi connectivity index (χ2n) is 13.7. The molecule has 9 aromatic carbocycles. The van der Waals surface area contributed by atoms with Crippen LogP contribution in [0.4, 0.5) is 17.1 Å². The molecule has 0 radical (unpaired) electrons. The predicted octanol–water partition coefficient (Wildman–Crippen LogP) is 15.3. The van der Waals surface area contributed by atoms with Gasteiger partial charge in [0.1, 0.15) is 0 Å². The zero-order valence-electron chi connectivity index (χ0n) is 29.6. The first-order chi connectivity index (χ1) is 26.8. The lowest BCUT2D eigenvalue weighted by Crippen LogP contribution is -2.11. The quantitative estimate of drug-likeness (QED) is 0.160. The van der Waals surface area contributed by atoms with Crippen LogP contribution < -0.4 is 4.90 Å². The Labute approximate surface area is 319 Å². The largest absolute Gasteiger partial charge is 0.310 e. The molecular formula is C52H35NS. The van der Waals surface area contributed by atoms with Crippen LogP contribution in [0.25, 0.3) is 75.5 Å². The summed E-state index contributed by atoms with van der Waals surface area (Å²) in [5.74, 6) is 0. The Bertz CT molecular complexity index is 2890. The van der Waals surface area contributed by atoms with E-state index in [0.29, 0.717) is 0 Å². The van der Waals surface area contributed by atoms with E-state index in [0.717, 1.165) is 17.1 Å². The average molecular weight is 706 g/mol. The fourth-order valence-electron chi connectivity index (χ4n) is 7.74. The van der Waals surface area contributed by atoms with E-state index >= 15 is 0 Å². The number of hydrogen-bond acceptors (Lipinski definition) is 2. The van der Waals surface area contributed by atoms with Gasteiger partial charge < -0.3 is 4.90 Å². The summed E-state index contributed by atoms with van der Waals surface area (Å²) in [6.45, 7) is 0. The number of benzene rings is 9. The third-order valence-corrected chi connectivity index (χ3v) is 11.7. The first kappa shape index (κ1) is 32.0. The second kappa shape index (κ2) is 13.7. The molecule has 1 heterocycles. The van der Waals surface area contributed by atoms with Crippen LogP contribution in [0.15, 0.2) is 212 Å². The molecule has 0 atom stereocenters. The molecule has 0 aliphatic carbocycles. The molecule has 0 saturated carbocycles. The maximum atomic E-state index is 2.43. The van der Waals surface area contributed by atoms with E-state index in [2.05, 4.69) is 217 Å². The average Bonchev–Trinajstić information content (AvgIpc) is 3.63. The molecule has 0 saturated heterocycles. The number of rotatable bonds is 7. The van der Waals surface area contributed by atoms with Crippen molar-refractivity contribution in [3.63, 3.8) is 0 Å². The van der Waals surface area contributed by atoms with E-state index in [-0.39, 0.29) is 0 Å². The summed E-state index contributed by atoms with van der Waals surface area (Å²) in [7, 11) is 0. The Morgan fingerprint density at radius 2 is 0.796 bits per heavy atom. The van der Waals surface area contributed by atoms with E-state index < -0.39 is 0 Å². The van der Waals surface area contributed by atoms with Gasteiger partial charge >= 0.3 is 0 Å². The van der Waals surface area contributed by atoms with Gasteiger partial charge in [0.15, 0.2) is 0 Å². The topological polar surface area (TPSA) is 3.24 Å². The van der Waals surface area contributed by atoms with E-state index in [1.165, 1.54) is 75.5 Å². The second-order valence-corrected chi connectivity index (χ2v) is 14.8. The minimum atomic E-state index is 1.11. The van der Waals surface area contributed by atoms with Crippen molar-refractivity contribution < 1.29 is 0 Å². The van der Waals surface area contributed by atoms with Crippen molar-refractivity contribution in [3.8, 4) is 44.5 Å². The summed E-state index contributed by atoms with van der Waals surface area (Å²) in [5, 5.41) is 5.08. The summed E-state index contributed by atoms with van der Waals surface area (Å²) >= 11 is 1.88. The molecule has 1 nitrogen and oxygen atoms in total. The van der Waals surface area contributed by atoms with Crippen LogP contribution in [0.2, 0.25) is 0 Å². The minimum Gasteiger partial charge on any atom is -0.310 e. The summed E-state index contributed by atoms with van der Waals surface area (Å²) < 4.78 is 2.59. The highest BCUT2D eigenvalue weighted by Gasteiger charge is 2.22. The molecule has 0 aliphatic heterocycles. The number of anilines is 3. The number of fused-ring (bicyclic) bond motifs is 4. The summed E-state index contributed by atoms with van der Waals surface area (Å²) in [5.41, 5.74) is 13.0. The van der Waals surface area contributed by atoms with Gasteiger partial charge in [-0.3, -0.25) is 0 Å². The lowest BCUT2D eigenvalue weighted by Gasteiger charge is -2.29. The van der Waals surface area contributed by atoms with Crippen molar-refractivity contribution in [1.29, 1.82) is 0 Å². The fraction of sp³-hybridized carbons (Fsp3) is 0. The molecule has 0 unspecified atom stereocenters. The number of thiophene rings is 1. The highest BCUT2D eigenvalue weighted by Crippen LogP contribution is 2.49. The van der Waals surface area contributed by atoms with Crippen LogP contribution >= 0.6 is 11.3 Å². The molecule has 2 heteroatoms. The van der Waals surface area contributed by atoms with E-state index in [1.807, 2.05) is 11.3 Å². The molecule has 10 aromatic rings. The highest BCUT2D eigenvalue weighted by atomic mass is 32.1. The molecule has 0 N–H and O–H groups in total. The standard InChI is InChI=1S/C52H35NS/c1-3-11-36(12-4-1)39-19-22-42(23-20-39)51-49(34-33-48-47-17-9-10-18-50(47)54-52(48)51)53(45-29-25-40(26-30-45)37-13-5-2-6-14-37)46-31-27-41(28-32-46)44-24-21-38-15-7-8-16-43(38)35-44/h1-35H. The van der Waals surface area contributed by atoms with Gasteiger partial charge in [-0.05, 0) is 92.2 Å². The molecule has 254 valence electrons. The van der Waals surface area contributed by atoms with Crippen LogP contribution in [0, 0.1) is 0 Å². The van der Waals surface area contributed by atoms with Gasteiger partial charge in [-0.1, -0.05) is 170 Å². The molecule has 0 fully saturated rings. The normalized spacial score (nSPS) is 11.3. The first-order valence-corrected chi connectivity index (χ1v) is 19.2. The molecular weight excluding hydrogens is 671 g/mol. The van der Waals surface area contributed by atoms with E-state index in [1.54, 1.807) is 0 Å². The smallest absolute Gasteiger partial charge is 0.0554 e. The lowest BCUT2D eigenvalue weighted by molar-refractivity contribution is 1.29. The Hall–Kier alpha value is -6.74. The minimum absolute atomic E-state index is 1.11. The van der Waals surface area contributed by atoms with Crippen LogP contribution in [-0.2, 0) is 0 Å². The van der Waals surface area contributed by atoms with Crippen molar-refractivity contribution in [3.05, 3.63) is 212 Å². The summed E-state index contributed by atoms with van der Waals surface area (Å²) in [6.07, 6.45) is 0. The third kappa shape index (κ3) is 5.84. The highest BCUT2D eigenvalue weighted by molar-refractivity contribution is 7.26. The van der Waals surface area contributed by atoms with Crippen molar-refractivity contribution in [2.24, 2.45) is 0 Å². The third-order valence-electron chi connectivity index (χ3n) is 10.5. The Morgan fingerprint density at radius 1 is 0.315 bits per heavy atom. The maximum Gasteiger partial charge on any atom is 0.0554 e. The maximum absolute atomic E-state index is 2.43. The molecule has 0 spiro atoms. The van der Waals surface area contributed by atoms with Gasteiger partial charge in [0.2, 0.25) is 0 Å². The summed E-state index contributed by atoms with van der Waals surface area (Å²) in [4.78, 5) is 2.43. The fourth-order valence-corrected chi connectivity index (χ4v) is 9.00. The SMILES string of the molecule is c1ccc(-c2ccc(-c3c(N(c4ccc(-c5ccccc5)cc4)c4ccc(-c5ccc6ccccc6c5)cc4)ccc4c3sc3ccccc34)cc2)cc1.